The zero-order chi connectivity index (χ0) is 10.6. The summed E-state index contributed by atoms with van der Waals surface area (Å²) in [5.41, 5.74) is 0. The summed E-state index contributed by atoms with van der Waals surface area (Å²) in [4.78, 5) is 0. The van der Waals surface area contributed by atoms with Gasteiger partial charge in [0.2, 0.25) is 0 Å². The van der Waals surface area contributed by atoms with E-state index in [-0.39, 0.29) is 5.92 Å². The summed E-state index contributed by atoms with van der Waals surface area (Å²) in [5, 5.41) is 35.1. The summed E-state index contributed by atoms with van der Waals surface area (Å²) in [6.45, 7) is 0. The molecule has 0 aromatic carbocycles. The first-order chi connectivity index (χ1) is 6.76. The van der Waals surface area contributed by atoms with Crippen LogP contribution in [0.4, 0.5) is 0 Å². The van der Waals surface area contributed by atoms with Crippen LogP contribution < -0.4 is 0 Å². The van der Waals surface area contributed by atoms with Crippen LogP contribution in [0, 0.1) is 69.0 Å². The van der Waals surface area contributed by atoms with E-state index in [2.05, 4.69) is 6.07 Å². The lowest BCUT2D eigenvalue weighted by Crippen LogP contribution is -2.30. The second kappa shape index (κ2) is 4.27. The third-order valence-corrected chi connectivity index (χ3v) is 2.61. The minimum Gasteiger partial charge on any atom is -0.198 e. The van der Waals surface area contributed by atoms with Crippen molar-refractivity contribution in [2.24, 2.45) is 23.7 Å². The van der Waals surface area contributed by atoms with Gasteiger partial charge in [-0.15, -0.1) is 0 Å². The van der Waals surface area contributed by atoms with E-state index in [0.29, 0.717) is 12.8 Å². The first-order valence-electron chi connectivity index (χ1n) is 4.35. The Bertz CT molecular complexity index is 349. The Morgan fingerprint density at radius 3 is 1.50 bits per heavy atom. The minimum atomic E-state index is -0.533. The second-order valence-corrected chi connectivity index (χ2v) is 3.42. The highest BCUT2D eigenvalue weighted by Gasteiger charge is 2.38. The summed E-state index contributed by atoms with van der Waals surface area (Å²) < 4.78 is 0. The van der Waals surface area contributed by atoms with Gasteiger partial charge in [-0.05, 0) is 12.8 Å². The van der Waals surface area contributed by atoms with Crippen molar-refractivity contribution in [2.45, 2.75) is 12.8 Å². The number of nitrogens with zero attached hydrogens (tertiary/aromatic N) is 4. The molecule has 1 fully saturated rings. The van der Waals surface area contributed by atoms with E-state index >= 15 is 0 Å². The number of hydrogen-bond donors (Lipinski definition) is 0. The molecular formula is C10H8N4. The molecule has 0 spiro atoms. The molecule has 4 nitrogen and oxygen atoms in total. The van der Waals surface area contributed by atoms with Crippen LogP contribution in [0.1, 0.15) is 12.8 Å². The molecule has 0 N–H and O–H groups in total. The molecule has 1 aliphatic rings. The first kappa shape index (κ1) is 10.0. The molecule has 0 aliphatic heterocycles. The molecule has 2 unspecified atom stereocenters. The van der Waals surface area contributed by atoms with E-state index in [4.69, 9.17) is 21.0 Å². The Balaban J connectivity index is 2.90. The van der Waals surface area contributed by atoms with Gasteiger partial charge in [-0.1, -0.05) is 0 Å². The third kappa shape index (κ3) is 1.66. The van der Waals surface area contributed by atoms with E-state index in [0.717, 1.165) is 0 Å². The van der Waals surface area contributed by atoms with Crippen molar-refractivity contribution in [2.75, 3.05) is 0 Å². The molecule has 68 valence electrons. The van der Waals surface area contributed by atoms with Crippen LogP contribution in [-0.2, 0) is 0 Å². The largest absolute Gasteiger partial charge is 0.198 e. The van der Waals surface area contributed by atoms with Crippen LogP contribution in [0.15, 0.2) is 0 Å². The predicted octanol–water partition coefficient (Wildman–Crippen LogP) is 1.34. The fraction of sp³-hybridized carbons (Fsp3) is 0.600. The molecule has 1 aliphatic carbocycles. The van der Waals surface area contributed by atoms with Gasteiger partial charge < -0.3 is 0 Å². The van der Waals surface area contributed by atoms with Gasteiger partial charge in [-0.3, -0.25) is 0 Å². The van der Waals surface area contributed by atoms with Crippen LogP contribution in [0.25, 0.3) is 0 Å². The van der Waals surface area contributed by atoms with Gasteiger partial charge in [-0.25, -0.2) is 0 Å². The fourth-order valence-corrected chi connectivity index (χ4v) is 1.83. The fourth-order valence-electron chi connectivity index (χ4n) is 1.83. The molecule has 0 aromatic rings. The van der Waals surface area contributed by atoms with Gasteiger partial charge in [0.1, 0.15) is 0 Å². The Morgan fingerprint density at radius 2 is 1.21 bits per heavy atom. The Kier molecular flexibility index (Phi) is 3.06. The van der Waals surface area contributed by atoms with Gasteiger partial charge in [0.15, 0.2) is 0 Å². The lowest BCUT2D eigenvalue weighted by Gasteiger charge is -2.28. The van der Waals surface area contributed by atoms with E-state index in [1.54, 1.807) is 0 Å². The summed E-state index contributed by atoms with van der Waals surface area (Å²) in [7, 11) is 0. The topological polar surface area (TPSA) is 95.2 Å². The van der Waals surface area contributed by atoms with Crippen molar-refractivity contribution in [3.63, 3.8) is 0 Å². The monoisotopic (exact) mass is 184 g/mol. The summed E-state index contributed by atoms with van der Waals surface area (Å²) in [5.74, 6) is -1.73. The maximum atomic E-state index is 8.82. The molecule has 0 bridgehead atoms. The predicted molar refractivity (Wildman–Crippen MR) is 45.6 cm³/mol. The van der Waals surface area contributed by atoms with Crippen molar-refractivity contribution in [1.82, 2.24) is 0 Å². The smallest absolute Gasteiger partial charge is 0.0780 e. The summed E-state index contributed by atoms with van der Waals surface area (Å²) in [6, 6.07) is 8.08. The molecule has 2 atom stereocenters. The maximum Gasteiger partial charge on any atom is 0.0780 e. The van der Waals surface area contributed by atoms with Gasteiger partial charge in [0.05, 0.1) is 42.0 Å². The lowest BCUT2D eigenvalue weighted by molar-refractivity contribution is 0.249. The zero-order valence-electron chi connectivity index (χ0n) is 7.51. The van der Waals surface area contributed by atoms with Crippen LogP contribution in [0.5, 0.6) is 0 Å². The second-order valence-electron chi connectivity index (χ2n) is 3.42. The quantitative estimate of drug-likeness (QED) is 0.567. The number of nitriles is 4. The van der Waals surface area contributed by atoms with Crippen molar-refractivity contribution >= 4 is 0 Å². The average molecular weight is 184 g/mol. The van der Waals surface area contributed by atoms with Crippen LogP contribution in [0.3, 0.4) is 0 Å². The van der Waals surface area contributed by atoms with Gasteiger partial charge in [0, 0.05) is 5.92 Å². The molecule has 1 saturated carbocycles. The molecule has 0 saturated heterocycles. The van der Waals surface area contributed by atoms with Crippen molar-refractivity contribution in [3.05, 3.63) is 0 Å². The molecule has 1 rings (SSSR count). The SMILES string of the molecule is N#CC1CC(C#N)C(C#N)C(C#N)C1. The Hall–Kier alpha value is -2.04. The maximum absolute atomic E-state index is 8.82. The van der Waals surface area contributed by atoms with Crippen molar-refractivity contribution in [3.8, 4) is 24.3 Å². The molecule has 0 aromatic heterocycles. The van der Waals surface area contributed by atoms with E-state index in [1.165, 1.54) is 0 Å². The Morgan fingerprint density at radius 1 is 0.714 bits per heavy atom. The van der Waals surface area contributed by atoms with Gasteiger partial charge in [-0.2, -0.15) is 21.0 Å². The Labute approximate surface area is 82.6 Å². The highest BCUT2D eigenvalue weighted by Crippen LogP contribution is 2.37. The van der Waals surface area contributed by atoms with E-state index in [1.807, 2.05) is 18.2 Å². The highest BCUT2D eigenvalue weighted by molar-refractivity contribution is 5.12. The van der Waals surface area contributed by atoms with Crippen molar-refractivity contribution in [1.29, 1.82) is 21.0 Å². The first-order valence-corrected chi connectivity index (χ1v) is 4.35. The van der Waals surface area contributed by atoms with E-state index in [9.17, 15) is 0 Å². The number of hydrogen-bond acceptors (Lipinski definition) is 4. The van der Waals surface area contributed by atoms with E-state index < -0.39 is 17.8 Å². The van der Waals surface area contributed by atoms with Gasteiger partial charge >= 0.3 is 0 Å². The lowest BCUT2D eigenvalue weighted by atomic mass is 9.70. The summed E-state index contributed by atoms with van der Waals surface area (Å²) in [6.07, 6.45) is 0.840. The van der Waals surface area contributed by atoms with Crippen LogP contribution >= 0.6 is 0 Å². The summed E-state index contributed by atoms with van der Waals surface area (Å²) >= 11 is 0. The normalized spacial score (nSPS) is 35.7. The standard InChI is InChI=1S/C10H8N4/c11-3-7-1-8(4-12)10(6-14)9(2-7)5-13/h7-10H,1-2H2. The molecule has 0 amide bonds. The molecule has 4 heteroatoms. The average Bonchev–Trinajstić information content (AvgIpc) is 2.26. The molecule has 0 radical (unpaired) electrons. The zero-order valence-corrected chi connectivity index (χ0v) is 7.51. The third-order valence-electron chi connectivity index (χ3n) is 2.61. The molecule has 0 heterocycles. The minimum absolute atomic E-state index is 0.256. The van der Waals surface area contributed by atoms with Crippen molar-refractivity contribution < 1.29 is 0 Å². The molecule has 14 heavy (non-hydrogen) atoms. The van der Waals surface area contributed by atoms with Crippen LogP contribution in [-0.4, -0.2) is 0 Å². The van der Waals surface area contributed by atoms with Crippen LogP contribution in [0.2, 0.25) is 0 Å². The van der Waals surface area contributed by atoms with Gasteiger partial charge in [0.25, 0.3) is 0 Å². The number of rotatable bonds is 0. The molecular weight excluding hydrogens is 176 g/mol. The highest BCUT2D eigenvalue weighted by atomic mass is 14.5.